The van der Waals surface area contributed by atoms with Crippen molar-refractivity contribution in [2.75, 3.05) is 0 Å². The minimum absolute atomic E-state index is 0.212. The van der Waals surface area contributed by atoms with Crippen LogP contribution in [-0.2, 0) is 5.54 Å². The monoisotopic (exact) mass is 181 g/mol. The van der Waals surface area contributed by atoms with E-state index in [0.29, 0.717) is 5.56 Å². The number of aryl methyl sites for hydroxylation is 2. The van der Waals surface area contributed by atoms with Crippen LogP contribution in [0, 0.1) is 19.7 Å². The van der Waals surface area contributed by atoms with Crippen LogP contribution in [0.3, 0.4) is 0 Å². The average Bonchev–Trinajstić information content (AvgIpc) is 1.94. The Morgan fingerprint density at radius 1 is 1.15 bits per heavy atom. The van der Waals surface area contributed by atoms with Crippen molar-refractivity contribution in [3.8, 4) is 0 Å². The Balaban J connectivity index is 3.32. The summed E-state index contributed by atoms with van der Waals surface area (Å²) in [5, 5.41) is 0. The molecule has 2 N–H and O–H groups in total. The number of rotatable bonds is 1. The Hall–Kier alpha value is -0.890. The van der Waals surface area contributed by atoms with Crippen LogP contribution in [-0.4, -0.2) is 0 Å². The summed E-state index contributed by atoms with van der Waals surface area (Å²) < 4.78 is 13.4. The first-order valence-electron chi connectivity index (χ1n) is 4.38. The molecule has 0 saturated carbocycles. The van der Waals surface area contributed by atoms with Gasteiger partial charge in [0.2, 0.25) is 0 Å². The molecule has 72 valence electrons. The van der Waals surface area contributed by atoms with Crippen molar-refractivity contribution < 1.29 is 4.39 Å². The normalized spacial score (nSPS) is 11.8. The predicted molar refractivity (Wildman–Crippen MR) is 53.1 cm³/mol. The maximum absolute atomic E-state index is 13.4. The Bertz CT molecular complexity index is 324. The Kier molecular flexibility index (Phi) is 2.44. The summed E-state index contributed by atoms with van der Waals surface area (Å²) in [4.78, 5) is 0. The lowest BCUT2D eigenvalue weighted by Gasteiger charge is -2.21. The second-order valence-corrected chi connectivity index (χ2v) is 4.14. The summed E-state index contributed by atoms with van der Waals surface area (Å²) in [7, 11) is 0. The van der Waals surface area contributed by atoms with Crippen LogP contribution in [0.4, 0.5) is 4.39 Å². The highest BCUT2D eigenvalue weighted by molar-refractivity contribution is 5.34. The molecule has 1 aromatic carbocycles. The van der Waals surface area contributed by atoms with Crippen molar-refractivity contribution in [1.82, 2.24) is 0 Å². The van der Waals surface area contributed by atoms with Crippen molar-refractivity contribution in [2.45, 2.75) is 33.2 Å². The second kappa shape index (κ2) is 3.11. The van der Waals surface area contributed by atoms with Crippen LogP contribution >= 0.6 is 0 Å². The number of halogens is 1. The van der Waals surface area contributed by atoms with Crippen LogP contribution in [0.1, 0.15) is 30.5 Å². The van der Waals surface area contributed by atoms with E-state index in [1.165, 1.54) is 0 Å². The highest BCUT2D eigenvalue weighted by atomic mass is 19.1. The van der Waals surface area contributed by atoms with Crippen LogP contribution in [0.5, 0.6) is 0 Å². The third kappa shape index (κ3) is 2.07. The molecule has 0 heterocycles. The summed E-state index contributed by atoms with van der Waals surface area (Å²) in [5.74, 6) is -0.212. The predicted octanol–water partition coefficient (Wildman–Crippen LogP) is 2.64. The second-order valence-electron chi connectivity index (χ2n) is 4.14. The standard InChI is InChI=1S/C11H16FN/c1-7-5-9(11(3,4)13)10(12)6-8(7)2/h5-6H,13H2,1-4H3. The Labute approximate surface area is 78.8 Å². The molecule has 0 atom stereocenters. The van der Waals surface area contributed by atoms with Gasteiger partial charge in [-0.3, -0.25) is 0 Å². The van der Waals surface area contributed by atoms with E-state index >= 15 is 0 Å². The van der Waals surface area contributed by atoms with Gasteiger partial charge in [-0.1, -0.05) is 6.07 Å². The minimum atomic E-state index is -0.609. The fourth-order valence-electron chi connectivity index (χ4n) is 1.27. The summed E-state index contributed by atoms with van der Waals surface area (Å²) in [6, 6.07) is 3.37. The molecular formula is C11H16FN. The van der Waals surface area contributed by atoms with E-state index < -0.39 is 5.54 Å². The van der Waals surface area contributed by atoms with Crippen LogP contribution < -0.4 is 5.73 Å². The van der Waals surface area contributed by atoms with E-state index in [-0.39, 0.29) is 5.82 Å². The Morgan fingerprint density at radius 3 is 2.08 bits per heavy atom. The minimum Gasteiger partial charge on any atom is -0.322 e. The van der Waals surface area contributed by atoms with E-state index in [1.807, 2.05) is 19.9 Å². The fourth-order valence-corrected chi connectivity index (χ4v) is 1.27. The van der Waals surface area contributed by atoms with Gasteiger partial charge < -0.3 is 5.73 Å². The molecular weight excluding hydrogens is 165 g/mol. The van der Waals surface area contributed by atoms with Crippen molar-refractivity contribution in [3.63, 3.8) is 0 Å². The van der Waals surface area contributed by atoms with Gasteiger partial charge in [0.05, 0.1) is 0 Å². The third-order valence-corrected chi connectivity index (χ3v) is 2.28. The van der Waals surface area contributed by atoms with Crippen LogP contribution in [0.2, 0.25) is 0 Å². The van der Waals surface area contributed by atoms with Crippen molar-refractivity contribution in [1.29, 1.82) is 0 Å². The molecule has 0 aromatic heterocycles. The summed E-state index contributed by atoms with van der Waals surface area (Å²) in [6.07, 6.45) is 0. The van der Waals surface area contributed by atoms with Gasteiger partial charge in [-0.2, -0.15) is 0 Å². The molecule has 0 spiro atoms. The highest BCUT2D eigenvalue weighted by Gasteiger charge is 2.19. The molecule has 0 unspecified atom stereocenters. The molecule has 0 fully saturated rings. The van der Waals surface area contributed by atoms with Gasteiger partial charge in [0.25, 0.3) is 0 Å². The lowest BCUT2D eigenvalue weighted by atomic mass is 9.92. The van der Waals surface area contributed by atoms with Gasteiger partial charge in [0, 0.05) is 11.1 Å². The van der Waals surface area contributed by atoms with Gasteiger partial charge >= 0.3 is 0 Å². The SMILES string of the molecule is Cc1cc(F)c(C(C)(C)N)cc1C. The molecule has 2 heteroatoms. The smallest absolute Gasteiger partial charge is 0.128 e. The lowest BCUT2D eigenvalue weighted by Crippen LogP contribution is -2.30. The Morgan fingerprint density at radius 2 is 1.62 bits per heavy atom. The molecule has 1 nitrogen and oxygen atoms in total. The number of nitrogens with two attached hydrogens (primary N) is 1. The van der Waals surface area contributed by atoms with Gasteiger partial charge in [0.1, 0.15) is 5.82 Å². The van der Waals surface area contributed by atoms with Crippen LogP contribution in [0.15, 0.2) is 12.1 Å². The van der Waals surface area contributed by atoms with Crippen molar-refractivity contribution in [2.24, 2.45) is 5.73 Å². The zero-order valence-electron chi connectivity index (χ0n) is 8.61. The molecule has 0 saturated heterocycles. The molecule has 0 aliphatic heterocycles. The van der Waals surface area contributed by atoms with Crippen molar-refractivity contribution >= 4 is 0 Å². The lowest BCUT2D eigenvalue weighted by molar-refractivity contribution is 0.500. The average molecular weight is 181 g/mol. The largest absolute Gasteiger partial charge is 0.322 e. The van der Waals surface area contributed by atoms with Gasteiger partial charge in [-0.25, -0.2) is 4.39 Å². The molecule has 0 amide bonds. The molecule has 0 aliphatic carbocycles. The van der Waals surface area contributed by atoms with Gasteiger partial charge in [-0.15, -0.1) is 0 Å². The molecule has 0 radical (unpaired) electrons. The van der Waals surface area contributed by atoms with E-state index in [9.17, 15) is 4.39 Å². The third-order valence-electron chi connectivity index (χ3n) is 2.28. The molecule has 1 rings (SSSR count). The van der Waals surface area contributed by atoms with Crippen molar-refractivity contribution in [3.05, 3.63) is 34.6 Å². The summed E-state index contributed by atoms with van der Waals surface area (Å²) >= 11 is 0. The number of hydrogen-bond donors (Lipinski definition) is 1. The first-order chi connectivity index (χ1) is 5.82. The zero-order valence-corrected chi connectivity index (χ0v) is 8.61. The first-order valence-corrected chi connectivity index (χ1v) is 4.38. The zero-order chi connectivity index (χ0) is 10.2. The molecule has 0 bridgehead atoms. The van der Waals surface area contributed by atoms with Gasteiger partial charge in [-0.05, 0) is 44.9 Å². The maximum atomic E-state index is 13.4. The molecule has 0 aliphatic rings. The molecule has 13 heavy (non-hydrogen) atoms. The first kappa shape index (κ1) is 10.2. The van der Waals surface area contributed by atoms with Gasteiger partial charge in [0.15, 0.2) is 0 Å². The molecule has 1 aromatic rings. The number of benzene rings is 1. The number of hydrogen-bond acceptors (Lipinski definition) is 1. The van der Waals surface area contributed by atoms with E-state index in [1.54, 1.807) is 19.9 Å². The fraction of sp³-hybridized carbons (Fsp3) is 0.455. The van der Waals surface area contributed by atoms with E-state index in [4.69, 9.17) is 5.73 Å². The topological polar surface area (TPSA) is 26.0 Å². The quantitative estimate of drug-likeness (QED) is 0.708. The van der Waals surface area contributed by atoms with Crippen LogP contribution in [0.25, 0.3) is 0 Å². The van der Waals surface area contributed by atoms with E-state index in [2.05, 4.69) is 0 Å². The van der Waals surface area contributed by atoms with E-state index in [0.717, 1.165) is 11.1 Å². The maximum Gasteiger partial charge on any atom is 0.128 e. The summed E-state index contributed by atoms with van der Waals surface area (Å²) in [5.41, 5.74) is 7.85. The highest BCUT2D eigenvalue weighted by Crippen LogP contribution is 2.23. The summed E-state index contributed by atoms with van der Waals surface area (Å²) in [6.45, 7) is 7.47.